The zero-order valence-corrected chi connectivity index (χ0v) is 12.5. The Morgan fingerprint density at radius 1 is 1.26 bits per heavy atom. The van der Waals surface area contributed by atoms with Crippen LogP contribution in [0.1, 0.15) is 12.0 Å². The lowest BCUT2D eigenvalue weighted by molar-refractivity contribution is -0.384. The number of carbonyl (C=O) groups excluding carboxylic acids is 1. The second kappa shape index (κ2) is 7.06. The van der Waals surface area contributed by atoms with Gasteiger partial charge in [0.1, 0.15) is 5.75 Å². The maximum Gasteiger partial charge on any atom is 0.269 e. The fourth-order valence-electron chi connectivity index (χ4n) is 1.87. The molecule has 0 aromatic heterocycles. The highest BCUT2D eigenvalue weighted by Crippen LogP contribution is 2.34. The average Bonchev–Trinajstić information content (AvgIpc) is 2.51. The first kappa shape index (κ1) is 16.7. The number of hydrogen-bond donors (Lipinski definition) is 1. The lowest BCUT2D eigenvalue weighted by Gasteiger charge is -2.11. The second-order valence-electron chi connectivity index (χ2n) is 4.67. The van der Waals surface area contributed by atoms with Crippen LogP contribution in [0.3, 0.4) is 0 Å². The van der Waals surface area contributed by atoms with Gasteiger partial charge in [-0.25, -0.2) is 4.39 Å². The Balaban J connectivity index is 2.26. The number of ether oxygens (including phenoxy) is 1. The molecule has 0 saturated heterocycles. The standard InChI is InChI=1S/C15H12ClFN2O4/c16-12-7-1-9(2-8-13(18)20)14(17)15(12)23-11-5-3-10(4-6-11)19(21)22/h1,3-7H,2,8H2,(H2,18,20). The van der Waals surface area contributed by atoms with Crippen molar-refractivity contribution in [1.29, 1.82) is 0 Å². The summed E-state index contributed by atoms with van der Waals surface area (Å²) in [7, 11) is 0. The van der Waals surface area contributed by atoms with Crippen molar-refractivity contribution in [1.82, 2.24) is 0 Å². The molecule has 0 bridgehead atoms. The molecule has 0 aliphatic carbocycles. The van der Waals surface area contributed by atoms with Gasteiger partial charge in [-0.15, -0.1) is 0 Å². The summed E-state index contributed by atoms with van der Waals surface area (Å²) in [5.41, 5.74) is 5.18. The molecule has 0 fully saturated rings. The molecule has 0 atom stereocenters. The van der Waals surface area contributed by atoms with Crippen LogP contribution in [-0.2, 0) is 11.2 Å². The van der Waals surface area contributed by atoms with Gasteiger partial charge >= 0.3 is 0 Å². The predicted molar refractivity (Wildman–Crippen MR) is 82.1 cm³/mol. The van der Waals surface area contributed by atoms with Crippen LogP contribution in [0.25, 0.3) is 0 Å². The van der Waals surface area contributed by atoms with Crippen molar-refractivity contribution in [3.63, 3.8) is 0 Å². The van der Waals surface area contributed by atoms with Crippen LogP contribution in [0.4, 0.5) is 10.1 Å². The highest BCUT2D eigenvalue weighted by atomic mass is 35.5. The average molecular weight is 339 g/mol. The topological polar surface area (TPSA) is 95.5 Å². The minimum atomic E-state index is -0.697. The fourth-order valence-corrected chi connectivity index (χ4v) is 2.06. The van der Waals surface area contributed by atoms with E-state index in [4.69, 9.17) is 22.1 Å². The molecular weight excluding hydrogens is 327 g/mol. The van der Waals surface area contributed by atoms with Crippen molar-refractivity contribution in [3.05, 3.63) is 62.9 Å². The number of non-ortho nitro benzene ring substituents is 1. The number of nitrogens with two attached hydrogens (primary N) is 1. The molecule has 0 unspecified atom stereocenters. The van der Waals surface area contributed by atoms with Crippen LogP contribution >= 0.6 is 11.6 Å². The van der Waals surface area contributed by atoms with Gasteiger partial charge in [-0.05, 0) is 30.2 Å². The van der Waals surface area contributed by atoms with Crippen molar-refractivity contribution in [2.75, 3.05) is 0 Å². The number of nitro groups is 1. The van der Waals surface area contributed by atoms with E-state index >= 15 is 0 Å². The third-order valence-corrected chi connectivity index (χ3v) is 3.33. The van der Waals surface area contributed by atoms with Crippen molar-refractivity contribution in [2.45, 2.75) is 12.8 Å². The van der Waals surface area contributed by atoms with E-state index in [0.29, 0.717) is 0 Å². The maximum absolute atomic E-state index is 14.4. The Bertz CT molecular complexity index is 750. The van der Waals surface area contributed by atoms with Crippen LogP contribution in [0.2, 0.25) is 5.02 Å². The van der Waals surface area contributed by atoms with Crippen molar-refractivity contribution >= 4 is 23.2 Å². The van der Waals surface area contributed by atoms with Gasteiger partial charge in [0.2, 0.25) is 5.91 Å². The number of benzene rings is 2. The van der Waals surface area contributed by atoms with Gasteiger partial charge in [0, 0.05) is 18.6 Å². The first-order chi connectivity index (χ1) is 10.9. The number of hydrogen-bond acceptors (Lipinski definition) is 4. The summed E-state index contributed by atoms with van der Waals surface area (Å²) in [6.45, 7) is 0. The number of rotatable bonds is 6. The molecule has 1 amide bonds. The second-order valence-corrected chi connectivity index (χ2v) is 5.08. The van der Waals surface area contributed by atoms with Gasteiger partial charge in [0.25, 0.3) is 5.69 Å². The fraction of sp³-hybridized carbons (Fsp3) is 0.133. The van der Waals surface area contributed by atoms with E-state index in [2.05, 4.69) is 0 Å². The molecule has 2 aromatic rings. The van der Waals surface area contributed by atoms with E-state index in [1.165, 1.54) is 36.4 Å². The Morgan fingerprint density at radius 2 is 1.91 bits per heavy atom. The lowest BCUT2D eigenvalue weighted by atomic mass is 10.1. The van der Waals surface area contributed by atoms with E-state index in [0.717, 1.165) is 0 Å². The van der Waals surface area contributed by atoms with Crippen molar-refractivity contribution < 1.29 is 18.8 Å². The molecule has 120 valence electrons. The van der Waals surface area contributed by atoms with Gasteiger partial charge in [-0.3, -0.25) is 14.9 Å². The minimum absolute atomic E-state index is 0.00444. The molecule has 0 heterocycles. The third-order valence-electron chi connectivity index (χ3n) is 3.04. The lowest BCUT2D eigenvalue weighted by Crippen LogP contribution is -2.11. The number of carbonyl (C=O) groups is 1. The van der Waals surface area contributed by atoms with Gasteiger partial charge in [-0.1, -0.05) is 17.7 Å². The van der Waals surface area contributed by atoms with E-state index in [-0.39, 0.29) is 40.6 Å². The summed E-state index contributed by atoms with van der Waals surface area (Å²) in [4.78, 5) is 20.8. The molecule has 2 aromatic carbocycles. The molecule has 0 radical (unpaired) electrons. The maximum atomic E-state index is 14.4. The molecule has 8 heteroatoms. The summed E-state index contributed by atoms with van der Waals surface area (Å²) < 4.78 is 19.8. The molecular formula is C15H12ClFN2O4. The normalized spacial score (nSPS) is 10.3. The SMILES string of the molecule is NC(=O)CCc1ccc(Cl)c(Oc2ccc([N+](=O)[O-])cc2)c1F. The summed E-state index contributed by atoms with van der Waals surface area (Å²) in [5.74, 6) is -1.25. The quantitative estimate of drug-likeness (QED) is 0.643. The Hall–Kier alpha value is -2.67. The summed E-state index contributed by atoms with van der Waals surface area (Å²) in [5, 5.41) is 10.6. The molecule has 0 spiro atoms. The molecule has 6 nitrogen and oxygen atoms in total. The first-order valence-electron chi connectivity index (χ1n) is 6.56. The number of amides is 1. The Labute approximate surface area is 135 Å². The van der Waals surface area contributed by atoms with Gasteiger partial charge in [0.05, 0.1) is 9.95 Å². The molecule has 2 rings (SSSR count). The summed E-state index contributed by atoms with van der Waals surface area (Å²) in [6.07, 6.45) is 0.116. The molecule has 2 N–H and O–H groups in total. The van der Waals surface area contributed by atoms with Crippen molar-refractivity contribution in [2.24, 2.45) is 5.73 Å². The summed E-state index contributed by atoms with van der Waals surface area (Å²) >= 11 is 5.93. The zero-order chi connectivity index (χ0) is 17.0. The van der Waals surface area contributed by atoms with Gasteiger partial charge in [-0.2, -0.15) is 0 Å². The van der Waals surface area contributed by atoms with Gasteiger partial charge < -0.3 is 10.5 Å². The van der Waals surface area contributed by atoms with Crippen LogP contribution in [0.5, 0.6) is 11.5 Å². The summed E-state index contributed by atoms with van der Waals surface area (Å²) in [6, 6.07) is 8.04. The number of aryl methyl sites for hydroxylation is 1. The molecule has 0 aliphatic rings. The van der Waals surface area contributed by atoms with Crippen molar-refractivity contribution in [3.8, 4) is 11.5 Å². The van der Waals surface area contributed by atoms with Gasteiger partial charge in [0.15, 0.2) is 11.6 Å². The van der Waals surface area contributed by atoms with Crippen LogP contribution in [0, 0.1) is 15.9 Å². The number of halogens is 2. The molecule has 0 saturated carbocycles. The molecule has 0 aliphatic heterocycles. The third kappa shape index (κ3) is 4.17. The number of nitro benzene ring substituents is 1. The number of primary amides is 1. The highest BCUT2D eigenvalue weighted by Gasteiger charge is 2.16. The highest BCUT2D eigenvalue weighted by molar-refractivity contribution is 6.32. The largest absolute Gasteiger partial charge is 0.453 e. The Kier molecular flexibility index (Phi) is 5.13. The van der Waals surface area contributed by atoms with E-state index in [9.17, 15) is 19.3 Å². The van der Waals surface area contributed by atoms with Crippen LogP contribution in [-0.4, -0.2) is 10.8 Å². The van der Waals surface area contributed by atoms with E-state index < -0.39 is 16.6 Å². The monoisotopic (exact) mass is 338 g/mol. The smallest absolute Gasteiger partial charge is 0.269 e. The van der Waals surface area contributed by atoms with Crippen LogP contribution < -0.4 is 10.5 Å². The van der Waals surface area contributed by atoms with E-state index in [1.807, 2.05) is 0 Å². The number of nitrogens with zero attached hydrogens (tertiary/aromatic N) is 1. The van der Waals surface area contributed by atoms with E-state index in [1.54, 1.807) is 0 Å². The van der Waals surface area contributed by atoms with Crippen LogP contribution in [0.15, 0.2) is 36.4 Å². The zero-order valence-electron chi connectivity index (χ0n) is 11.8. The first-order valence-corrected chi connectivity index (χ1v) is 6.93. The molecule has 23 heavy (non-hydrogen) atoms. The minimum Gasteiger partial charge on any atom is -0.453 e. The Morgan fingerprint density at radius 3 is 2.48 bits per heavy atom. The predicted octanol–water partition coefficient (Wildman–Crippen LogP) is 3.60.